The second kappa shape index (κ2) is 2.94. The molecule has 1 aliphatic heterocycles. The highest BCUT2D eigenvalue weighted by Gasteiger charge is 2.30. The van der Waals surface area contributed by atoms with Crippen LogP contribution in [-0.2, 0) is 4.79 Å². The van der Waals surface area contributed by atoms with Gasteiger partial charge in [0.2, 0.25) is 0 Å². The van der Waals surface area contributed by atoms with Gasteiger partial charge in [-0.05, 0) is 32.6 Å². The minimum Gasteiger partial charge on any atom is -0.303 e. The molecule has 0 aromatic rings. The minimum absolute atomic E-state index is 0.0775. The lowest BCUT2D eigenvalue weighted by Gasteiger charge is -2.38. The SMILES string of the molecule is CC1CC(C=O)NC(C)(C)C1. The summed E-state index contributed by atoms with van der Waals surface area (Å²) in [5, 5.41) is 3.30. The molecule has 11 heavy (non-hydrogen) atoms. The van der Waals surface area contributed by atoms with Crippen LogP contribution < -0.4 is 5.32 Å². The molecular formula is C9H17NO. The summed E-state index contributed by atoms with van der Waals surface area (Å²) in [7, 11) is 0. The van der Waals surface area contributed by atoms with Gasteiger partial charge in [-0.2, -0.15) is 0 Å². The molecule has 1 heterocycles. The molecule has 0 amide bonds. The van der Waals surface area contributed by atoms with Crippen molar-refractivity contribution in [2.45, 2.75) is 45.2 Å². The highest BCUT2D eigenvalue weighted by atomic mass is 16.1. The number of rotatable bonds is 1. The van der Waals surface area contributed by atoms with Crippen LogP contribution in [-0.4, -0.2) is 17.9 Å². The van der Waals surface area contributed by atoms with Crippen molar-refractivity contribution >= 4 is 6.29 Å². The molecule has 1 rings (SSSR count). The summed E-state index contributed by atoms with van der Waals surface area (Å²) in [5.41, 5.74) is 0.142. The fraction of sp³-hybridized carbons (Fsp3) is 0.889. The molecule has 0 aromatic carbocycles. The molecule has 64 valence electrons. The van der Waals surface area contributed by atoms with Crippen molar-refractivity contribution in [1.82, 2.24) is 5.32 Å². The molecule has 1 aliphatic rings. The third kappa shape index (κ3) is 2.29. The Hall–Kier alpha value is -0.370. The van der Waals surface area contributed by atoms with E-state index in [1.807, 2.05) is 0 Å². The molecule has 0 spiro atoms. The first-order valence-electron chi connectivity index (χ1n) is 4.26. The van der Waals surface area contributed by atoms with Crippen molar-refractivity contribution in [3.8, 4) is 0 Å². The zero-order valence-electron chi connectivity index (χ0n) is 7.55. The van der Waals surface area contributed by atoms with Gasteiger partial charge in [0, 0.05) is 5.54 Å². The van der Waals surface area contributed by atoms with E-state index < -0.39 is 0 Å². The summed E-state index contributed by atoms with van der Waals surface area (Å²) < 4.78 is 0. The average Bonchev–Trinajstić information content (AvgIpc) is 1.83. The number of nitrogens with one attached hydrogen (secondary N) is 1. The lowest BCUT2D eigenvalue weighted by Crippen LogP contribution is -2.52. The molecule has 0 aliphatic carbocycles. The summed E-state index contributed by atoms with van der Waals surface area (Å²) in [6, 6.07) is 0.0775. The van der Waals surface area contributed by atoms with Gasteiger partial charge in [-0.15, -0.1) is 0 Å². The number of carbonyl (C=O) groups excluding carboxylic acids is 1. The Labute approximate surface area is 68.4 Å². The number of piperidine rings is 1. The van der Waals surface area contributed by atoms with E-state index in [4.69, 9.17) is 0 Å². The Bertz CT molecular complexity index is 154. The molecule has 2 nitrogen and oxygen atoms in total. The molecule has 0 aromatic heterocycles. The van der Waals surface area contributed by atoms with Gasteiger partial charge in [0.25, 0.3) is 0 Å². The van der Waals surface area contributed by atoms with E-state index in [9.17, 15) is 4.79 Å². The van der Waals surface area contributed by atoms with Crippen LogP contribution in [0.4, 0.5) is 0 Å². The molecule has 1 fully saturated rings. The van der Waals surface area contributed by atoms with Crippen molar-refractivity contribution in [3.05, 3.63) is 0 Å². The van der Waals surface area contributed by atoms with Crippen LogP contribution in [0.3, 0.4) is 0 Å². The monoisotopic (exact) mass is 155 g/mol. The maximum Gasteiger partial charge on any atom is 0.136 e. The second-order valence-electron chi connectivity index (χ2n) is 4.32. The second-order valence-corrected chi connectivity index (χ2v) is 4.32. The van der Waals surface area contributed by atoms with E-state index in [0.29, 0.717) is 5.92 Å². The Balaban J connectivity index is 2.57. The molecule has 1 saturated heterocycles. The lowest BCUT2D eigenvalue weighted by molar-refractivity contribution is -0.111. The first-order chi connectivity index (χ1) is 5.03. The number of aldehydes is 1. The first kappa shape index (κ1) is 8.72. The van der Waals surface area contributed by atoms with E-state index in [-0.39, 0.29) is 11.6 Å². The van der Waals surface area contributed by atoms with Gasteiger partial charge in [0.15, 0.2) is 0 Å². The molecule has 0 radical (unpaired) electrons. The average molecular weight is 155 g/mol. The van der Waals surface area contributed by atoms with Gasteiger partial charge in [0.05, 0.1) is 6.04 Å². The van der Waals surface area contributed by atoms with Crippen LogP contribution in [0.25, 0.3) is 0 Å². The maximum absolute atomic E-state index is 10.5. The molecule has 1 N–H and O–H groups in total. The summed E-state index contributed by atoms with van der Waals surface area (Å²) in [6.45, 7) is 6.51. The molecular weight excluding hydrogens is 138 g/mol. The van der Waals surface area contributed by atoms with Gasteiger partial charge < -0.3 is 10.1 Å². The molecule has 2 atom stereocenters. The molecule has 2 heteroatoms. The van der Waals surface area contributed by atoms with Crippen LogP contribution in [0.15, 0.2) is 0 Å². The highest BCUT2D eigenvalue weighted by molar-refractivity contribution is 5.58. The largest absolute Gasteiger partial charge is 0.303 e. The van der Waals surface area contributed by atoms with Gasteiger partial charge >= 0.3 is 0 Å². The fourth-order valence-corrected chi connectivity index (χ4v) is 2.10. The smallest absolute Gasteiger partial charge is 0.136 e. The normalized spacial score (nSPS) is 36.6. The van der Waals surface area contributed by atoms with Crippen LogP contribution in [0.1, 0.15) is 33.6 Å². The molecule has 2 unspecified atom stereocenters. The van der Waals surface area contributed by atoms with Crippen LogP contribution >= 0.6 is 0 Å². The number of hydrogen-bond donors (Lipinski definition) is 1. The van der Waals surface area contributed by atoms with Crippen molar-refractivity contribution in [3.63, 3.8) is 0 Å². The zero-order valence-corrected chi connectivity index (χ0v) is 7.55. The van der Waals surface area contributed by atoms with Gasteiger partial charge in [-0.25, -0.2) is 0 Å². The van der Waals surface area contributed by atoms with Crippen molar-refractivity contribution in [2.24, 2.45) is 5.92 Å². The Morgan fingerprint density at radius 1 is 1.55 bits per heavy atom. The minimum atomic E-state index is 0.0775. The van der Waals surface area contributed by atoms with Gasteiger partial charge in [-0.3, -0.25) is 0 Å². The van der Waals surface area contributed by atoms with E-state index in [0.717, 1.165) is 19.1 Å². The zero-order chi connectivity index (χ0) is 8.48. The van der Waals surface area contributed by atoms with Crippen molar-refractivity contribution < 1.29 is 4.79 Å². The molecule has 0 saturated carbocycles. The van der Waals surface area contributed by atoms with Gasteiger partial charge in [0.1, 0.15) is 6.29 Å². The number of hydrogen-bond acceptors (Lipinski definition) is 2. The van der Waals surface area contributed by atoms with Crippen molar-refractivity contribution in [1.29, 1.82) is 0 Å². The first-order valence-corrected chi connectivity index (χ1v) is 4.26. The Morgan fingerprint density at radius 3 is 2.64 bits per heavy atom. The standard InChI is InChI=1S/C9H17NO/c1-7-4-8(6-11)10-9(2,3)5-7/h6-8,10H,4-5H2,1-3H3. The maximum atomic E-state index is 10.5. The lowest BCUT2D eigenvalue weighted by atomic mass is 9.82. The third-order valence-electron chi connectivity index (χ3n) is 2.26. The van der Waals surface area contributed by atoms with Crippen LogP contribution in [0.2, 0.25) is 0 Å². The van der Waals surface area contributed by atoms with E-state index in [2.05, 4.69) is 26.1 Å². The summed E-state index contributed by atoms with van der Waals surface area (Å²) >= 11 is 0. The summed E-state index contributed by atoms with van der Waals surface area (Å²) in [5.74, 6) is 0.668. The quantitative estimate of drug-likeness (QED) is 0.579. The summed E-state index contributed by atoms with van der Waals surface area (Å²) in [6.07, 6.45) is 3.18. The van der Waals surface area contributed by atoms with Crippen molar-refractivity contribution in [2.75, 3.05) is 0 Å². The van der Waals surface area contributed by atoms with Gasteiger partial charge in [-0.1, -0.05) is 6.92 Å². The fourth-order valence-electron chi connectivity index (χ4n) is 2.10. The van der Waals surface area contributed by atoms with E-state index in [1.165, 1.54) is 0 Å². The van der Waals surface area contributed by atoms with Crippen LogP contribution in [0.5, 0.6) is 0 Å². The van der Waals surface area contributed by atoms with Crippen LogP contribution in [0, 0.1) is 5.92 Å². The summed E-state index contributed by atoms with van der Waals surface area (Å²) in [4.78, 5) is 10.5. The number of carbonyl (C=O) groups is 1. The third-order valence-corrected chi connectivity index (χ3v) is 2.26. The Morgan fingerprint density at radius 2 is 2.18 bits per heavy atom. The molecule has 0 bridgehead atoms. The highest BCUT2D eigenvalue weighted by Crippen LogP contribution is 2.25. The predicted octanol–water partition coefficient (Wildman–Crippen LogP) is 1.35. The van der Waals surface area contributed by atoms with E-state index in [1.54, 1.807) is 0 Å². The predicted molar refractivity (Wildman–Crippen MR) is 45.5 cm³/mol. The van der Waals surface area contributed by atoms with E-state index >= 15 is 0 Å². The topological polar surface area (TPSA) is 29.1 Å². The Kier molecular flexibility index (Phi) is 2.33.